The van der Waals surface area contributed by atoms with Crippen molar-refractivity contribution in [2.75, 3.05) is 27.2 Å². The van der Waals surface area contributed by atoms with Crippen molar-refractivity contribution in [1.82, 2.24) is 10.2 Å². The normalized spacial score (nSPS) is 32.7. The van der Waals surface area contributed by atoms with Crippen LogP contribution in [0.4, 0.5) is 0 Å². The maximum absolute atomic E-state index is 11.5. The monoisotopic (exact) mass is 212 g/mol. The van der Waals surface area contributed by atoms with Gasteiger partial charge in [-0.2, -0.15) is 0 Å². The number of nitrogens with zero attached hydrogens (tertiary/aromatic N) is 1. The maximum Gasteiger partial charge on any atom is 0.310 e. The van der Waals surface area contributed by atoms with Gasteiger partial charge in [0.15, 0.2) is 0 Å². The number of carbonyl (C=O) groups excluding carboxylic acids is 1. The zero-order valence-corrected chi connectivity index (χ0v) is 9.53. The Morgan fingerprint density at radius 3 is 2.67 bits per heavy atom. The van der Waals surface area contributed by atoms with Gasteiger partial charge in [-0.1, -0.05) is 0 Å². The van der Waals surface area contributed by atoms with Crippen LogP contribution in [0.1, 0.15) is 19.3 Å². The number of hydrogen-bond acceptors (Lipinski definition) is 4. The summed E-state index contributed by atoms with van der Waals surface area (Å²) in [6.45, 7) is 1.96. The number of ether oxygens (including phenoxy) is 1. The van der Waals surface area contributed by atoms with Gasteiger partial charge in [-0.25, -0.2) is 0 Å². The van der Waals surface area contributed by atoms with Crippen LogP contribution in [0.2, 0.25) is 0 Å². The van der Waals surface area contributed by atoms with E-state index < -0.39 is 0 Å². The summed E-state index contributed by atoms with van der Waals surface area (Å²) in [5.74, 6) is 0.00222. The van der Waals surface area contributed by atoms with E-state index in [0.29, 0.717) is 6.04 Å². The van der Waals surface area contributed by atoms with Gasteiger partial charge >= 0.3 is 5.97 Å². The first-order valence-electron chi connectivity index (χ1n) is 5.73. The van der Waals surface area contributed by atoms with Crippen molar-refractivity contribution in [3.8, 4) is 0 Å². The molecule has 1 N–H and O–H groups in total. The van der Waals surface area contributed by atoms with E-state index >= 15 is 0 Å². The molecule has 0 aromatic carbocycles. The van der Waals surface area contributed by atoms with Crippen LogP contribution in [0.25, 0.3) is 0 Å². The van der Waals surface area contributed by atoms with E-state index in [1.54, 1.807) is 0 Å². The Morgan fingerprint density at radius 2 is 2.13 bits per heavy atom. The Hall–Kier alpha value is -0.610. The van der Waals surface area contributed by atoms with Crippen LogP contribution in [0.3, 0.4) is 0 Å². The molecule has 0 aromatic rings. The van der Waals surface area contributed by atoms with E-state index in [1.165, 1.54) is 20.0 Å². The van der Waals surface area contributed by atoms with Gasteiger partial charge in [0.1, 0.15) is 0 Å². The second-order valence-corrected chi connectivity index (χ2v) is 4.63. The summed E-state index contributed by atoms with van der Waals surface area (Å²) in [6.07, 6.45) is 3.50. The smallest absolute Gasteiger partial charge is 0.310 e. The van der Waals surface area contributed by atoms with Gasteiger partial charge in [0.05, 0.1) is 13.0 Å². The van der Waals surface area contributed by atoms with Crippen LogP contribution >= 0.6 is 0 Å². The van der Waals surface area contributed by atoms with Crippen molar-refractivity contribution < 1.29 is 9.53 Å². The first kappa shape index (κ1) is 10.9. The van der Waals surface area contributed by atoms with Crippen molar-refractivity contribution in [1.29, 1.82) is 0 Å². The molecular weight excluding hydrogens is 192 g/mol. The lowest BCUT2D eigenvalue weighted by molar-refractivity contribution is -0.147. The van der Waals surface area contributed by atoms with Crippen molar-refractivity contribution in [3.05, 3.63) is 0 Å². The molecule has 1 heterocycles. The molecule has 1 saturated carbocycles. The van der Waals surface area contributed by atoms with Gasteiger partial charge in [0, 0.05) is 25.2 Å². The fourth-order valence-electron chi connectivity index (χ4n) is 2.42. The quantitative estimate of drug-likeness (QED) is 0.680. The second kappa shape index (κ2) is 4.49. The Morgan fingerprint density at radius 1 is 1.40 bits per heavy atom. The van der Waals surface area contributed by atoms with E-state index in [4.69, 9.17) is 4.74 Å². The first-order chi connectivity index (χ1) is 7.24. The number of carbonyl (C=O) groups is 1. The first-order valence-corrected chi connectivity index (χ1v) is 5.73. The standard InChI is InChI=1S/C11H20N2O2/c1-12-9-5-8(11(14)15-2)6-13(7-9)10-3-4-10/h8-10,12H,3-7H2,1-2H3. The van der Waals surface area contributed by atoms with Crippen LogP contribution in [-0.4, -0.2) is 50.2 Å². The summed E-state index contributed by atoms with van der Waals surface area (Å²) >= 11 is 0. The molecule has 1 saturated heterocycles. The minimum atomic E-state index is -0.0550. The lowest BCUT2D eigenvalue weighted by Crippen LogP contribution is -2.51. The Labute approximate surface area is 91.0 Å². The molecule has 2 rings (SSSR count). The van der Waals surface area contributed by atoms with Crippen molar-refractivity contribution in [2.45, 2.75) is 31.3 Å². The number of likely N-dealkylation sites (tertiary alicyclic amines) is 1. The summed E-state index contributed by atoms with van der Waals surface area (Å²) in [5, 5.41) is 3.28. The summed E-state index contributed by atoms with van der Waals surface area (Å²) in [5.41, 5.74) is 0. The summed E-state index contributed by atoms with van der Waals surface area (Å²) in [7, 11) is 3.45. The number of hydrogen-bond donors (Lipinski definition) is 1. The van der Waals surface area contributed by atoms with Gasteiger partial charge in [-0.05, 0) is 26.3 Å². The average Bonchev–Trinajstić information content (AvgIpc) is 3.11. The Bertz CT molecular complexity index is 241. The van der Waals surface area contributed by atoms with Crippen molar-refractivity contribution in [3.63, 3.8) is 0 Å². The van der Waals surface area contributed by atoms with Gasteiger partial charge in [0.25, 0.3) is 0 Å². The summed E-state index contributed by atoms with van der Waals surface area (Å²) in [6, 6.07) is 1.16. The molecule has 1 aliphatic carbocycles. The number of rotatable bonds is 3. The molecule has 15 heavy (non-hydrogen) atoms. The molecule has 4 nitrogen and oxygen atoms in total. The second-order valence-electron chi connectivity index (χ2n) is 4.63. The molecule has 2 unspecified atom stereocenters. The summed E-state index contributed by atoms with van der Waals surface area (Å²) in [4.78, 5) is 14.0. The molecule has 86 valence electrons. The number of piperidine rings is 1. The third-order valence-corrected chi connectivity index (χ3v) is 3.48. The SMILES string of the molecule is CNC1CC(C(=O)OC)CN(C2CC2)C1. The highest BCUT2D eigenvalue weighted by molar-refractivity contribution is 5.72. The topological polar surface area (TPSA) is 41.6 Å². The van der Waals surface area contributed by atoms with E-state index in [1.807, 2.05) is 7.05 Å². The van der Waals surface area contributed by atoms with Crippen molar-refractivity contribution in [2.24, 2.45) is 5.92 Å². The van der Waals surface area contributed by atoms with E-state index in [-0.39, 0.29) is 11.9 Å². The van der Waals surface area contributed by atoms with Crippen LogP contribution in [-0.2, 0) is 9.53 Å². The zero-order chi connectivity index (χ0) is 10.8. The van der Waals surface area contributed by atoms with Gasteiger partial charge in [0.2, 0.25) is 0 Å². The molecule has 2 atom stereocenters. The molecule has 0 amide bonds. The molecule has 0 radical (unpaired) electrons. The van der Waals surface area contributed by atoms with Gasteiger partial charge in [-0.15, -0.1) is 0 Å². The summed E-state index contributed by atoms with van der Waals surface area (Å²) < 4.78 is 4.84. The van der Waals surface area contributed by atoms with Crippen LogP contribution in [0.5, 0.6) is 0 Å². The average molecular weight is 212 g/mol. The predicted molar refractivity (Wildman–Crippen MR) is 57.6 cm³/mol. The molecule has 1 aliphatic heterocycles. The van der Waals surface area contributed by atoms with Crippen LogP contribution < -0.4 is 5.32 Å². The third-order valence-electron chi connectivity index (χ3n) is 3.48. The van der Waals surface area contributed by atoms with Gasteiger partial charge in [-0.3, -0.25) is 9.69 Å². The molecule has 0 bridgehead atoms. The van der Waals surface area contributed by atoms with Crippen LogP contribution in [0, 0.1) is 5.92 Å². The van der Waals surface area contributed by atoms with E-state index in [0.717, 1.165) is 25.6 Å². The number of likely N-dealkylation sites (N-methyl/N-ethyl adjacent to an activating group) is 1. The lowest BCUT2D eigenvalue weighted by atomic mass is 9.94. The minimum absolute atomic E-state index is 0.0550. The molecule has 0 aromatic heterocycles. The van der Waals surface area contributed by atoms with Crippen LogP contribution in [0.15, 0.2) is 0 Å². The number of methoxy groups -OCH3 is 1. The predicted octanol–water partition coefficient (Wildman–Crippen LogP) is 0.232. The molecular formula is C11H20N2O2. The highest BCUT2D eigenvalue weighted by Gasteiger charge is 2.38. The maximum atomic E-state index is 11.5. The minimum Gasteiger partial charge on any atom is -0.469 e. The number of esters is 1. The Balaban J connectivity index is 1.96. The zero-order valence-electron chi connectivity index (χ0n) is 9.53. The number of nitrogens with one attached hydrogen (secondary N) is 1. The largest absolute Gasteiger partial charge is 0.469 e. The van der Waals surface area contributed by atoms with E-state index in [2.05, 4.69) is 10.2 Å². The molecule has 0 spiro atoms. The Kier molecular flexibility index (Phi) is 3.26. The lowest BCUT2D eigenvalue weighted by Gasteiger charge is -2.36. The third kappa shape index (κ3) is 2.49. The van der Waals surface area contributed by atoms with E-state index in [9.17, 15) is 4.79 Å². The highest BCUT2D eigenvalue weighted by Crippen LogP contribution is 2.31. The van der Waals surface area contributed by atoms with Gasteiger partial charge < -0.3 is 10.1 Å². The fourth-order valence-corrected chi connectivity index (χ4v) is 2.42. The molecule has 2 fully saturated rings. The van der Waals surface area contributed by atoms with Crippen molar-refractivity contribution >= 4 is 5.97 Å². The molecule has 2 aliphatic rings. The highest BCUT2D eigenvalue weighted by atomic mass is 16.5. The fraction of sp³-hybridized carbons (Fsp3) is 0.909. The molecule has 4 heteroatoms.